The highest BCUT2D eigenvalue weighted by molar-refractivity contribution is 6.31. The third kappa shape index (κ3) is 2.82. The number of aromatic nitrogens is 3. The minimum atomic E-state index is -1.17. The SMILES string of the molecule is O=C(O)c1nn(CCc2ccccc2)nc1Cl. The van der Waals surface area contributed by atoms with E-state index in [2.05, 4.69) is 10.2 Å². The van der Waals surface area contributed by atoms with E-state index < -0.39 is 5.97 Å². The molecule has 0 fully saturated rings. The van der Waals surface area contributed by atoms with Crippen LogP contribution in [0, 0.1) is 0 Å². The Morgan fingerprint density at radius 3 is 2.59 bits per heavy atom. The van der Waals surface area contributed by atoms with Crippen molar-refractivity contribution < 1.29 is 9.90 Å². The fourth-order valence-corrected chi connectivity index (χ4v) is 1.64. The first-order valence-corrected chi connectivity index (χ1v) is 5.42. The van der Waals surface area contributed by atoms with E-state index in [1.165, 1.54) is 4.80 Å². The van der Waals surface area contributed by atoms with Gasteiger partial charge >= 0.3 is 5.97 Å². The zero-order valence-corrected chi connectivity index (χ0v) is 9.63. The third-order valence-electron chi connectivity index (χ3n) is 2.26. The van der Waals surface area contributed by atoms with Gasteiger partial charge in [0.2, 0.25) is 5.69 Å². The van der Waals surface area contributed by atoms with Gasteiger partial charge in [0.1, 0.15) is 0 Å². The number of rotatable bonds is 4. The van der Waals surface area contributed by atoms with E-state index in [9.17, 15) is 4.79 Å². The highest BCUT2D eigenvalue weighted by atomic mass is 35.5. The molecular weight excluding hydrogens is 242 g/mol. The number of hydrogen-bond donors (Lipinski definition) is 1. The molecular formula is C11H10ClN3O2. The molecule has 88 valence electrons. The number of hydrogen-bond acceptors (Lipinski definition) is 3. The molecule has 0 bridgehead atoms. The van der Waals surface area contributed by atoms with Gasteiger partial charge in [-0.25, -0.2) is 4.79 Å². The summed E-state index contributed by atoms with van der Waals surface area (Å²) in [6.07, 6.45) is 0.727. The predicted octanol–water partition coefficient (Wildman–Crippen LogP) is 1.87. The Hall–Kier alpha value is -1.88. The molecule has 0 unspecified atom stereocenters. The minimum absolute atomic E-state index is 0.0782. The molecule has 2 rings (SSSR count). The van der Waals surface area contributed by atoms with E-state index in [1.54, 1.807) is 0 Å². The third-order valence-corrected chi connectivity index (χ3v) is 2.51. The number of nitrogens with zero attached hydrogens (tertiary/aromatic N) is 3. The summed E-state index contributed by atoms with van der Waals surface area (Å²) in [6.45, 7) is 0.497. The maximum Gasteiger partial charge on any atom is 0.359 e. The lowest BCUT2D eigenvalue weighted by Crippen LogP contribution is -2.06. The largest absolute Gasteiger partial charge is 0.476 e. The van der Waals surface area contributed by atoms with Crippen LogP contribution in [-0.4, -0.2) is 26.1 Å². The molecule has 1 aromatic heterocycles. The van der Waals surface area contributed by atoms with Crippen LogP contribution in [0.2, 0.25) is 5.15 Å². The molecule has 0 saturated carbocycles. The van der Waals surface area contributed by atoms with Crippen LogP contribution >= 0.6 is 11.6 Å². The van der Waals surface area contributed by atoms with Gasteiger partial charge in [-0.05, 0) is 12.0 Å². The van der Waals surface area contributed by atoms with Crippen LogP contribution in [0.5, 0.6) is 0 Å². The average molecular weight is 252 g/mol. The van der Waals surface area contributed by atoms with Crippen LogP contribution in [0.25, 0.3) is 0 Å². The van der Waals surface area contributed by atoms with Crippen LogP contribution in [0.4, 0.5) is 0 Å². The van der Waals surface area contributed by atoms with Gasteiger partial charge in [-0.15, -0.1) is 10.2 Å². The number of aryl methyl sites for hydroxylation is 2. The van der Waals surface area contributed by atoms with Gasteiger partial charge in [-0.3, -0.25) is 0 Å². The maximum atomic E-state index is 10.7. The lowest BCUT2D eigenvalue weighted by Gasteiger charge is -1.99. The molecule has 1 N–H and O–H groups in total. The van der Waals surface area contributed by atoms with Crippen LogP contribution in [-0.2, 0) is 13.0 Å². The van der Waals surface area contributed by atoms with Crippen molar-refractivity contribution in [3.05, 3.63) is 46.7 Å². The zero-order chi connectivity index (χ0) is 12.3. The molecule has 0 aliphatic heterocycles. The fourth-order valence-electron chi connectivity index (χ4n) is 1.43. The smallest absolute Gasteiger partial charge is 0.359 e. The van der Waals surface area contributed by atoms with Crippen molar-refractivity contribution in [3.8, 4) is 0 Å². The first-order valence-electron chi connectivity index (χ1n) is 5.04. The molecule has 17 heavy (non-hydrogen) atoms. The first-order chi connectivity index (χ1) is 8.16. The van der Waals surface area contributed by atoms with Crippen molar-refractivity contribution in [1.82, 2.24) is 15.0 Å². The maximum absolute atomic E-state index is 10.7. The van der Waals surface area contributed by atoms with Crippen LogP contribution in [0.15, 0.2) is 30.3 Å². The Morgan fingerprint density at radius 1 is 1.29 bits per heavy atom. The van der Waals surface area contributed by atoms with E-state index in [4.69, 9.17) is 16.7 Å². The molecule has 0 radical (unpaired) electrons. The summed E-state index contributed by atoms with van der Waals surface area (Å²) in [6, 6.07) is 9.81. The molecule has 0 aliphatic carbocycles. The molecule has 0 amide bonds. The molecule has 0 atom stereocenters. The number of carboxylic acid groups (broad SMARTS) is 1. The number of aromatic carboxylic acids is 1. The Balaban J connectivity index is 2.05. The second-order valence-electron chi connectivity index (χ2n) is 3.48. The standard InChI is InChI=1S/C11H10ClN3O2/c12-10-9(11(16)17)13-15(14-10)7-6-8-4-2-1-3-5-8/h1-5H,6-7H2,(H,16,17). The van der Waals surface area contributed by atoms with Crippen molar-refractivity contribution in [3.63, 3.8) is 0 Å². The Bertz CT molecular complexity index is 525. The summed E-state index contributed by atoms with van der Waals surface area (Å²) >= 11 is 5.65. The number of carboxylic acids is 1. The summed E-state index contributed by atoms with van der Waals surface area (Å²) in [7, 11) is 0. The van der Waals surface area contributed by atoms with E-state index in [-0.39, 0.29) is 10.8 Å². The van der Waals surface area contributed by atoms with Crippen molar-refractivity contribution in [2.75, 3.05) is 0 Å². The Kier molecular flexibility index (Phi) is 3.39. The normalized spacial score (nSPS) is 10.4. The van der Waals surface area contributed by atoms with Gasteiger partial charge in [0.15, 0.2) is 5.15 Å². The van der Waals surface area contributed by atoms with Crippen molar-refractivity contribution >= 4 is 17.6 Å². The summed E-state index contributed by atoms with van der Waals surface area (Å²) in [5.41, 5.74) is 0.928. The van der Waals surface area contributed by atoms with Gasteiger partial charge in [0.05, 0.1) is 6.54 Å². The van der Waals surface area contributed by atoms with Crippen LogP contribution in [0.1, 0.15) is 16.1 Å². The van der Waals surface area contributed by atoms with Crippen molar-refractivity contribution in [2.45, 2.75) is 13.0 Å². The van der Waals surface area contributed by atoms with Crippen LogP contribution in [0.3, 0.4) is 0 Å². The highest BCUT2D eigenvalue weighted by Gasteiger charge is 2.15. The Labute approximate surface area is 103 Å². The minimum Gasteiger partial charge on any atom is -0.476 e. The highest BCUT2D eigenvalue weighted by Crippen LogP contribution is 2.10. The number of benzene rings is 1. The summed E-state index contributed by atoms with van der Waals surface area (Å²) < 4.78 is 0. The first kappa shape index (κ1) is 11.6. The molecule has 6 heteroatoms. The molecule has 2 aromatic rings. The predicted molar refractivity (Wildman–Crippen MR) is 62.1 cm³/mol. The molecule has 0 spiro atoms. The lowest BCUT2D eigenvalue weighted by molar-refractivity contribution is 0.0689. The number of halogens is 1. The van der Waals surface area contributed by atoms with E-state index in [0.717, 1.165) is 12.0 Å². The molecule has 1 heterocycles. The summed E-state index contributed by atoms with van der Waals surface area (Å²) in [5.74, 6) is -1.17. The molecule has 1 aromatic carbocycles. The van der Waals surface area contributed by atoms with Gasteiger partial charge in [0, 0.05) is 0 Å². The second-order valence-corrected chi connectivity index (χ2v) is 3.83. The fraction of sp³-hybridized carbons (Fsp3) is 0.182. The van der Waals surface area contributed by atoms with Gasteiger partial charge < -0.3 is 5.11 Å². The van der Waals surface area contributed by atoms with Gasteiger partial charge in [-0.2, -0.15) is 4.80 Å². The van der Waals surface area contributed by atoms with Gasteiger partial charge in [0.25, 0.3) is 0 Å². The zero-order valence-electron chi connectivity index (χ0n) is 8.88. The average Bonchev–Trinajstić information content (AvgIpc) is 2.69. The van der Waals surface area contributed by atoms with Gasteiger partial charge in [-0.1, -0.05) is 41.9 Å². The van der Waals surface area contributed by atoms with Crippen molar-refractivity contribution in [1.29, 1.82) is 0 Å². The number of carbonyl (C=O) groups is 1. The van der Waals surface area contributed by atoms with E-state index in [1.807, 2.05) is 30.3 Å². The van der Waals surface area contributed by atoms with E-state index >= 15 is 0 Å². The summed E-state index contributed by atoms with van der Waals surface area (Å²) in [5, 5.41) is 16.3. The topological polar surface area (TPSA) is 68.0 Å². The lowest BCUT2D eigenvalue weighted by atomic mass is 10.2. The molecule has 5 nitrogen and oxygen atoms in total. The molecule has 0 aliphatic rings. The van der Waals surface area contributed by atoms with Crippen LogP contribution < -0.4 is 0 Å². The van der Waals surface area contributed by atoms with E-state index in [0.29, 0.717) is 6.54 Å². The monoisotopic (exact) mass is 251 g/mol. The summed E-state index contributed by atoms with van der Waals surface area (Å²) in [4.78, 5) is 12.0. The second kappa shape index (κ2) is 4.97. The molecule has 0 saturated heterocycles. The Morgan fingerprint density at radius 2 is 2.00 bits per heavy atom. The quantitative estimate of drug-likeness (QED) is 0.901. The van der Waals surface area contributed by atoms with Crippen molar-refractivity contribution in [2.24, 2.45) is 0 Å².